The van der Waals surface area contributed by atoms with Gasteiger partial charge in [-0.05, 0) is 62.7 Å². The van der Waals surface area contributed by atoms with Crippen LogP contribution in [-0.4, -0.2) is 41.6 Å². The third-order valence-electron chi connectivity index (χ3n) is 5.50. The summed E-state index contributed by atoms with van der Waals surface area (Å²) in [6.07, 6.45) is 7.57. The van der Waals surface area contributed by atoms with E-state index in [9.17, 15) is 4.79 Å². The minimum Gasteiger partial charge on any atom is -0.494 e. The minimum atomic E-state index is 0.0678. The highest BCUT2D eigenvalue weighted by Gasteiger charge is 2.23. The zero-order chi connectivity index (χ0) is 19.8. The van der Waals surface area contributed by atoms with Crippen molar-refractivity contribution in [3.63, 3.8) is 0 Å². The molecular formula is C23H33N3O2. The maximum Gasteiger partial charge on any atom is 0.224 e. The second kappa shape index (κ2) is 10.3. The fourth-order valence-electron chi connectivity index (χ4n) is 3.98. The fourth-order valence-corrected chi connectivity index (χ4v) is 3.98. The number of nitrogens with zero attached hydrogens (tertiary/aromatic N) is 2. The van der Waals surface area contributed by atoms with Gasteiger partial charge in [-0.1, -0.05) is 25.0 Å². The first kappa shape index (κ1) is 20.5. The Hall–Kier alpha value is -2.27. The van der Waals surface area contributed by atoms with E-state index in [0.29, 0.717) is 19.6 Å². The number of carbonyl (C=O) groups is 1. The van der Waals surface area contributed by atoms with Crippen molar-refractivity contribution >= 4 is 5.91 Å². The SMILES string of the molecule is CCOc1ccc(CC(=O)NCC(c2cccn2C)N2CCCCCC2)cc1. The molecule has 0 spiro atoms. The van der Waals surface area contributed by atoms with Gasteiger partial charge < -0.3 is 14.6 Å². The van der Waals surface area contributed by atoms with E-state index >= 15 is 0 Å². The molecule has 28 heavy (non-hydrogen) atoms. The third kappa shape index (κ3) is 5.61. The Kier molecular flexibility index (Phi) is 7.54. The lowest BCUT2D eigenvalue weighted by Gasteiger charge is -2.31. The molecule has 1 atom stereocenters. The molecule has 1 aromatic carbocycles. The van der Waals surface area contributed by atoms with Crippen molar-refractivity contribution in [1.82, 2.24) is 14.8 Å². The maximum atomic E-state index is 12.6. The second-order valence-corrected chi connectivity index (χ2v) is 7.57. The standard InChI is InChI=1S/C23H33N3O2/c1-3-28-20-12-10-19(11-13-20)17-23(27)24-18-22(21-9-8-14-25(21)2)26-15-6-4-5-7-16-26/h8-14,22H,3-7,15-18H2,1-2H3,(H,24,27). The van der Waals surface area contributed by atoms with E-state index in [0.717, 1.165) is 24.4 Å². The van der Waals surface area contributed by atoms with Gasteiger partial charge in [-0.25, -0.2) is 0 Å². The number of benzene rings is 1. The molecule has 0 radical (unpaired) electrons. The number of nitrogens with one attached hydrogen (secondary N) is 1. The Morgan fingerprint density at radius 1 is 1.11 bits per heavy atom. The number of hydrogen-bond donors (Lipinski definition) is 1. The summed E-state index contributed by atoms with van der Waals surface area (Å²) >= 11 is 0. The van der Waals surface area contributed by atoms with Crippen molar-refractivity contribution < 1.29 is 9.53 Å². The first-order valence-corrected chi connectivity index (χ1v) is 10.5. The van der Waals surface area contributed by atoms with Gasteiger partial charge in [0.25, 0.3) is 0 Å². The summed E-state index contributed by atoms with van der Waals surface area (Å²) in [6, 6.07) is 12.3. The quantitative estimate of drug-likeness (QED) is 0.756. The van der Waals surface area contributed by atoms with Crippen molar-refractivity contribution in [2.45, 2.75) is 45.1 Å². The van der Waals surface area contributed by atoms with Crippen LogP contribution in [0.25, 0.3) is 0 Å². The van der Waals surface area contributed by atoms with Crippen molar-refractivity contribution in [3.8, 4) is 5.75 Å². The van der Waals surface area contributed by atoms with E-state index in [-0.39, 0.29) is 11.9 Å². The van der Waals surface area contributed by atoms with Crippen LogP contribution in [0, 0.1) is 0 Å². The van der Waals surface area contributed by atoms with Gasteiger partial charge in [0.05, 0.1) is 19.1 Å². The van der Waals surface area contributed by atoms with Gasteiger partial charge in [-0.15, -0.1) is 0 Å². The molecule has 1 amide bonds. The lowest BCUT2D eigenvalue weighted by Crippen LogP contribution is -2.39. The molecule has 3 rings (SSSR count). The largest absolute Gasteiger partial charge is 0.494 e. The van der Waals surface area contributed by atoms with E-state index in [2.05, 4.69) is 40.2 Å². The number of carbonyl (C=O) groups excluding carboxylic acids is 1. The minimum absolute atomic E-state index is 0.0678. The number of likely N-dealkylation sites (tertiary alicyclic amines) is 1. The lowest BCUT2D eigenvalue weighted by atomic mass is 10.1. The molecule has 1 aliphatic heterocycles. The number of aromatic nitrogens is 1. The summed E-state index contributed by atoms with van der Waals surface area (Å²) in [5.41, 5.74) is 2.27. The molecule has 1 unspecified atom stereocenters. The van der Waals surface area contributed by atoms with Crippen LogP contribution in [-0.2, 0) is 18.3 Å². The van der Waals surface area contributed by atoms with Crippen molar-refractivity contribution in [2.75, 3.05) is 26.2 Å². The number of aryl methyl sites for hydroxylation is 1. The first-order valence-electron chi connectivity index (χ1n) is 10.5. The molecule has 0 saturated carbocycles. The van der Waals surface area contributed by atoms with Gasteiger partial charge in [0.2, 0.25) is 5.91 Å². The van der Waals surface area contributed by atoms with E-state index < -0.39 is 0 Å². The third-order valence-corrected chi connectivity index (χ3v) is 5.50. The highest BCUT2D eigenvalue weighted by molar-refractivity contribution is 5.78. The Labute approximate surface area is 168 Å². The molecule has 1 N–H and O–H groups in total. The van der Waals surface area contributed by atoms with Gasteiger partial charge in [0.15, 0.2) is 0 Å². The molecule has 5 nitrogen and oxygen atoms in total. The van der Waals surface area contributed by atoms with E-state index in [1.165, 1.54) is 31.4 Å². The molecule has 1 fully saturated rings. The molecule has 152 valence electrons. The molecule has 2 heterocycles. The van der Waals surface area contributed by atoms with Crippen LogP contribution in [0.4, 0.5) is 0 Å². The molecule has 0 aliphatic carbocycles. The van der Waals surface area contributed by atoms with Crippen molar-refractivity contribution in [3.05, 3.63) is 53.9 Å². The van der Waals surface area contributed by atoms with E-state index in [4.69, 9.17) is 4.74 Å². The van der Waals surface area contributed by atoms with E-state index in [1.807, 2.05) is 31.2 Å². The van der Waals surface area contributed by atoms with Crippen molar-refractivity contribution in [2.24, 2.45) is 7.05 Å². The van der Waals surface area contributed by atoms with Crippen LogP contribution in [0.5, 0.6) is 5.75 Å². The molecule has 2 aromatic rings. The number of rotatable bonds is 8. The van der Waals surface area contributed by atoms with E-state index in [1.54, 1.807) is 0 Å². The summed E-state index contributed by atoms with van der Waals surface area (Å²) in [5.74, 6) is 0.912. The van der Waals surface area contributed by atoms with Crippen LogP contribution in [0.1, 0.15) is 49.9 Å². The van der Waals surface area contributed by atoms with Crippen LogP contribution < -0.4 is 10.1 Å². The normalized spacial score (nSPS) is 16.4. The smallest absolute Gasteiger partial charge is 0.224 e. The van der Waals surface area contributed by atoms with Gasteiger partial charge in [-0.3, -0.25) is 9.69 Å². The van der Waals surface area contributed by atoms with Crippen molar-refractivity contribution in [1.29, 1.82) is 0 Å². The predicted octanol–water partition coefficient (Wildman–Crippen LogP) is 3.70. The highest BCUT2D eigenvalue weighted by atomic mass is 16.5. The van der Waals surface area contributed by atoms with Crippen LogP contribution in [0.2, 0.25) is 0 Å². The Morgan fingerprint density at radius 3 is 2.43 bits per heavy atom. The summed E-state index contributed by atoms with van der Waals surface area (Å²) in [6.45, 7) is 5.47. The zero-order valence-corrected chi connectivity index (χ0v) is 17.2. The second-order valence-electron chi connectivity index (χ2n) is 7.57. The number of hydrogen-bond acceptors (Lipinski definition) is 3. The Morgan fingerprint density at radius 2 is 1.82 bits per heavy atom. The molecule has 1 aromatic heterocycles. The van der Waals surface area contributed by atoms with Crippen LogP contribution in [0.15, 0.2) is 42.6 Å². The highest BCUT2D eigenvalue weighted by Crippen LogP contribution is 2.24. The fraction of sp³-hybridized carbons (Fsp3) is 0.522. The maximum absolute atomic E-state index is 12.6. The zero-order valence-electron chi connectivity index (χ0n) is 17.2. The number of amides is 1. The lowest BCUT2D eigenvalue weighted by molar-refractivity contribution is -0.120. The molecular weight excluding hydrogens is 350 g/mol. The molecule has 5 heteroatoms. The summed E-state index contributed by atoms with van der Waals surface area (Å²) in [7, 11) is 2.09. The Balaban J connectivity index is 1.60. The summed E-state index contributed by atoms with van der Waals surface area (Å²) in [5, 5.41) is 3.18. The number of ether oxygens (including phenoxy) is 1. The van der Waals surface area contributed by atoms with Crippen LogP contribution >= 0.6 is 0 Å². The van der Waals surface area contributed by atoms with Gasteiger partial charge in [0.1, 0.15) is 5.75 Å². The molecule has 1 aliphatic rings. The topological polar surface area (TPSA) is 46.5 Å². The van der Waals surface area contributed by atoms with Gasteiger partial charge >= 0.3 is 0 Å². The average molecular weight is 384 g/mol. The van der Waals surface area contributed by atoms with Crippen LogP contribution in [0.3, 0.4) is 0 Å². The molecule has 0 bridgehead atoms. The summed E-state index contributed by atoms with van der Waals surface area (Å²) < 4.78 is 7.64. The predicted molar refractivity (Wildman–Crippen MR) is 113 cm³/mol. The first-order chi connectivity index (χ1) is 13.7. The molecule has 1 saturated heterocycles. The average Bonchev–Trinajstić information content (AvgIpc) is 2.94. The van der Waals surface area contributed by atoms with Gasteiger partial charge in [0, 0.05) is 25.5 Å². The monoisotopic (exact) mass is 383 g/mol. The Bertz CT molecular complexity index is 731. The van der Waals surface area contributed by atoms with Gasteiger partial charge in [-0.2, -0.15) is 0 Å². The summed E-state index contributed by atoms with van der Waals surface area (Å²) in [4.78, 5) is 15.1.